The average molecular weight is 260 g/mol. The first-order chi connectivity index (χ1) is 9.41. The Balaban J connectivity index is 3.21. The smallest absolute Gasteiger partial charge is 0.0169 e. The van der Waals surface area contributed by atoms with E-state index in [9.17, 15) is 0 Å². The van der Waals surface area contributed by atoms with Gasteiger partial charge in [-0.3, -0.25) is 0 Å². The van der Waals surface area contributed by atoms with Crippen molar-refractivity contribution in [1.29, 1.82) is 0 Å². The Hall–Kier alpha value is -1.04. The highest BCUT2D eigenvalue weighted by Crippen LogP contribution is 2.07. The standard InChI is InChI=1S/C19H32/c1-3-5-7-9-11-13-15-17-19-18-16-14-12-10-8-6-4-2/h3,6,8,12,14,18-19H,1,4-5,7,9-11,13,15-17H2,2H3. The first kappa shape index (κ1) is 18.0. The summed E-state index contributed by atoms with van der Waals surface area (Å²) in [7, 11) is 0. The summed E-state index contributed by atoms with van der Waals surface area (Å²) in [5.41, 5.74) is 0. The molecule has 0 nitrogen and oxygen atoms in total. The van der Waals surface area contributed by atoms with Crippen LogP contribution >= 0.6 is 0 Å². The lowest BCUT2D eigenvalue weighted by Gasteiger charge is -1.97. The van der Waals surface area contributed by atoms with Crippen LogP contribution in [0.2, 0.25) is 0 Å². The van der Waals surface area contributed by atoms with E-state index >= 15 is 0 Å². The van der Waals surface area contributed by atoms with Crippen LogP contribution in [0.5, 0.6) is 0 Å². The van der Waals surface area contributed by atoms with Crippen LogP contribution in [0, 0.1) is 0 Å². The molecule has 19 heavy (non-hydrogen) atoms. The van der Waals surface area contributed by atoms with Gasteiger partial charge in [-0.25, -0.2) is 0 Å². The second-order valence-corrected chi connectivity index (χ2v) is 4.93. The number of unbranched alkanes of at least 4 members (excludes halogenated alkanes) is 6. The Morgan fingerprint density at radius 3 is 1.79 bits per heavy atom. The van der Waals surface area contributed by atoms with Gasteiger partial charge in [0.15, 0.2) is 0 Å². The average Bonchev–Trinajstić information content (AvgIpc) is 2.43. The Bertz CT molecular complexity index is 255. The summed E-state index contributed by atoms with van der Waals surface area (Å²) < 4.78 is 0. The van der Waals surface area contributed by atoms with E-state index in [1.165, 1.54) is 44.9 Å². The summed E-state index contributed by atoms with van der Waals surface area (Å²) in [4.78, 5) is 0. The maximum atomic E-state index is 3.75. The predicted octanol–water partition coefficient (Wildman–Crippen LogP) is 6.76. The Morgan fingerprint density at radius 1 is 0.632 bits per heavy atom. The Kier molecular flexibility index (Phi) is 16.0. The minimum Gasteiger partial charge on any atom is -0.103 e. The molecule has 0 bridgehead atoms. The van der Waals surface area contributed by atoms with Gasteiger partial charge in [0.2, 0.25) is 0 Å². The normalized spacial score (nSPS) is 12.1. The zero-order valence-electron chi connectivity index (χ0n) is 12.8. The van der Waals surface area contributed by atoms with Crippen molar-refractivity contribution in [3.05, 3.63) is 49.1 Å². The van der Waals surface area contributed by atoms with E-state index in [4.69, 9.17) is 0 Å². The second kappa shape index (κ2) is 17.0. The van der Waals surface area contributed by atoms with E-state index in [1.54, 1.807) is 0 Å². The van der Waals surface area contributed by atoms with Crippen molar-refractivity contribution in [2.45, 2.75) is 71.1 Å². The highest BCUT2D eigenvalue weighted by molar-refractivity contribution is 4.96. The van der Waals surface area contributed by atoms with Gasteiger partial charge in [0.1, 0.15) is 0 Å². The van der Waals surface area contributed by atoms with Gasteiger partial charge in [-0.1, -0.05) is 68.7 Å². The lowest BCUT2D eigenvalue weighted by molar-refractivity contribution is 0.622. The van der Waals surface area contributed by atoms with E-state index in [2.05, 4.69) is 50.0 Å². The van der Waals surface area contributed by atoms with Gasteiger partial charge in [-0.05, 0) is 44.9 Å². The van der Waals surface area contributed by atoms with Crippen molar-refractivity contribution in [3.8, 4) is 0 Å². The summed E-state index contributed by atoms with van der Waals surface area (Å²) >= 11 is 0. The number of rotatable bonds is 13. The predicted molar refractivity (Wildman–Crippen MR) is 89.5 cm³/mol. The molecule has 0 aliphatic rings. The van der Waals surface area contributed by atoms with E-state index in [0.29, 0.717) is 0 Å². The van der Waals surface area contributed by atoms with Gasteiger partial charge in [0, 0.05) is 0 Å². The molecule has 0 heterocycles. The molecule has 0 saturated heterocycles. The molecule has 0 aliphatic heterocycles. The molecule has 0 aromatic rings. The molecule has 0 rings (SSSR count). The monoisotopic (exact) mass is 260 g/mol. The largest absolute Gasteiger partial charge is 0.103 e. The summed E-state index contributed by atoms with van der Waals surface area (Å²) in [5.74, 6) is 0. The quantitative estimate of drug-likeness (QED) is 0.253. The molecule has 0 atom stereocenters. The first-order valence-electron chi connectivity index (χ1n) is 7.97. The summed E-state index contributed by atoms with van der Waals surface area (Å²) in [6, 6.07) is 0. The molecule has 108 valence electrons. The molecule has 0 heteroatoms. The summed E-state index contributed by atoms with van der Waals surface area (Å²) in [6.45, 7) is 5.91. The molecule has 0 fully saturated rings. The Morgan fingerprint density at radius 2 is 1.16 bits per heavy atom. The van der Waals surface area contributed by atoms with Crippen LogP contribution in [-0.4, -0.2) is 0 Å². The minimum absolute atomic E-state index is 1.08. The topological polar surface area (TPSA) is 0 Å². The third-order valence-corrected chi connectivity index (χ3v) is 3.06. The van der Waals surface area contributed by atoms with Crippen LogP contribution in [0.15, 0.2) is 49.1 Å². The first-order valence-corrected chi connectivity index (χ1v) is 7.97. The van der Waals surface area contributed by atoms with Crippen molar-refractivity contribution >= 4 is 0 Å². The molecule has 0 aromatic carbocycles. The molecule has 0 aliphatic carbocycles. The summed E-state index contributed by atoms with van der Waals surface area (Å²) in [5, 5.41) is 0. The van der Waals surface area contributed by atoms with Crippen molar-refractivity contribution in [2.24, 2.45) is 0 Å². The van der Waals surface area contributed by atoms with Crippen molar-refractivity contribution in [3.63, 3.8) is 0 Å². The SMILES string of the molecule is C=CCCCCCCCC=CCC=CCC=CCC. The fourth-order valence-corrected chi connectivity index (χ4v) is 1.91. The summed E-state index contributed by atoms with van der Waals surface area (Å²) in [6.07, 6.45) is 28.1. The lowest BCUT2D eigenvalue weighted by atomic mass is 10.1. The molecule has 0 N–H and O–H groups in total. The van der Waals surface area contributed by atoms with Gasteiger partial charge in [-0.15, -0.1) is 6.58 Å². The van der Waals surface area contributed by atoms with Crippen molar-refractivity contribution in [2.75, 3.05) is 0 Å². The number of allylic oxidation sites excluding steroid dienone is 7. The number of hydrogen-bond donors (Lipinski definition) is 0. The second-order valence-electron chi connectivity index (χ2n) is 4.93. The third-order valence-electron chi connectivity index (χ3n) is 3.06. The highest BCUT2D eigenvalue weighted by atomic mass is 13.9. The van der Waals surface area contributed by atoms with E-state index in [1.807, 2.05) is 6.08 Å². The van der Waals surface area contributed by atoms with Crippen LogP contribution < -0.4 is 0 Å². The highest BCUT2D eigenvalue weighted by Gasteiger charge is 1.88. The maximum Gasteiger partial charge on any atom is -0.0169 e. The molecule has 0 saturated carbocycles. The fraction of sp³-hybridized carbons (Fsp3) is 0.579. The Labute approximate surface area is 121 Å². The zero-order valence-corrected chi connectivity index (χ0v) is 12.8. The fourth-order valence-electron chi connectivity index (χ4n) is 1.91. The third kappa shape index (κ3) is 17.0. The van der Waals surface area contributed by atoms with E-state index in [-0.39, 0.29) is 0 Å². The van der Waals surface area contributed by atoms with Crippen LogP contribution in [0.1, 0.15) is 71.1 Å². The van der Waals surface area contributed by atoms with Gasteiger partial charge < -0.3 is 0 Å². The molecule has 0 amide bonds. The van der Waals surface area contributed by atoms with Crippen LogP contribution in [0.4, 0.5) is 0 Å². The van der Waals surface area contributed by atoms with Gasteiger partial charge >= 0.3 is 0 Å². The van der Waals surface area contributed by atoms with Crippen molar-refractivity contribution in [1.82, 2.24) is 0 Å². The molecule has 0 radical (unpaired) electrons. The van der Waals surface area contributed by atoms with Crippen LogP contribution in [0.25, 0.3) is 0 Å². The molecule has 0 unspecified atom stereocenters. The van der Waals surface area contributed by atoms with Gasteiger partial charge in [0.05, 0.1) is 0 Å². The zero-order chi connectivity index (χ0) is 14.0. The van der Waals surface area contributed by atoms with Gasteiger partial charge in [0.25, 0.3) is 0 Å². The maximum absolute atomic E-state index is 3.75. The molecular formula is C19H32. The van der Waals surface area contributed by atoms with Gasteiger partial charge in [-0.2, -0.15) is 0 Å². The van der Waals surface area contributed by atoms with Crippen LogP contribution in [0.3, 0.4) is 0 Å². The number of hydrogen-bond acceptors (Lipinski definition) is 0. The van der Waals surface area contributed by atoms with E-state index in [0.717, 1.165) is 19.3 Å². The lowest BCUT2D eigenvalue weighted by Crippen LogP contribution is -1.77. The van der Waals surface area contributed by atoms with Crippen molar-refractivity contribution < 1.29 is 0 Å². The molecule has 0 spiro atoms. The van der Waals surface area contributed by atoms with Crippen LogP contribution in [-0.2, 0) is 0 Å². The minimum atomic E-state index is 1.08. The molecule has 0 aromatic heterocycles. The molecular weight excluding hydrogens is 228 g/mol. The van der Waals surface area contributed by atoms with E-state index < -0.39 is 0 Å².